The minimum atomic E-state index is -4.62. The maximum atomic E-state index is 13.2. The van der Waals surface area contributed by atoms with E-state index in [1.165, 1.54) is 12.1 Å². The molecule has 2 atom stereocenters. The van der Waals surface area contributed by atoms with E-state index in [2.05, 4.69) is 5.32 Å². The van der Waals surface area contributed by atoms with Crippen molar-refractivity contribution in [3.8, 4) is 11.8 Å². The van der Waals surface area contributed by atoms with Crippen LogP contribution in [0.1, 0.15) is 28.4 Å². The van der Waals surface area contributed by atoms with Gasteiger partial charge in [-0.15, -0.1) is 0 Å². The first-order valence-corrected chi connectivity index (χ1v) is 9.21. The van der Waals surface area contributed by atoms with Crippen molar-refractivity contribution in [1.29, 1.82) is 5.26 Å². The van der Waals surface area contributed by atoms with Crippen molar-refractivity contribution in [2.24, 2.45) is 0 Å². The van der Waals surface area contributed by atoms with Gasteiger partial charge in [-0.1, -0.05) is 0 Å². The molecule has 2 aromatic rings. The Balaban J connectivity index is 1.66. The molecular formula is C21H20F3N3O3. The van der Waals surface area contributed by atoms with E-state index < -0.39 is 23.5 Å². The Morgan fingerprint density at radius 1 is 1.30 bits per heavy atom. The van der Waals surface area contributed by atoms with Crippen molar-refractivity contribution in [2.75, 3.05) is 25.1 Å². The normalized spacial score (nSPS) is 18.7. The maximum absolute atomic E-state index is 13.2. The van der Waals surface area contributed by atoms with Gasteiger partial charge < -0.3 is 19.7 Å². The fourth-order valence-electron chi connectivity index (χ4n) is 3.25. The Hall–Kier alpha value is -3.25. The molecule has 30 heavy (non-hydrogen) atoms. The molecule has 1 aliphatic heterocycles. The van der Waals surface area contributed by atoms with Crippen molar-refractivity contribution in [3.63, 3.8) is 0 Å². The third-order valence-corrected chi connectivity index (χ3v) is 4.77. The molecule has 9 heteroatoms. The highest BCUT2D eigenvalue weighted by Crippen LogP contribution is 2.36. The van der Waals surface area contributed by atoms with Crippen molar-refractivity contribution < 1.29 is 27.4 Å². The molecule has 0 saturated carbocycles. The zero-order valence-corrected chi connectivity index (χ0v) is 16.4. The summed E-state index contributed by atoms with van der Waals surface area (Å²) in [6.45, 7) is 2.27. The number of rotatable bonds is 5. The third-order valence-electron chi connectivity index (χ3n) is 4.77. The quantitative estimate of drug-likeness (QED) is 0.802. The highest BCUT2D eigenvalue weighted by atomic mass is 19.4. The lowest BCUT2D eigenvalue weighted by atomic mass is 10.1. The molecule has 1 fully saturated rings. The number of halogens is 3. The molecule has 1 heterocycles. The number of nitrogens with one attached hydrogen (secondary N) is 1. The van der Waals surface area contributed by atoms with Gasteiger partial charge in [0, 0.05) is 18.3 Å². The number of alkyl halides is 3. The summed E-state index contributed by atoms with van der Waals surface area (Å²) in [6.07, 6.45) is -5.43. The number of ether oxygens (including phenoxy) is 2. The molecular weight excluding hydrogens is 399 g/mol. The van der Waals surface area contributed by atoms with Crippen molar-refractivity contribution in [2.45, 2.75) is 25.4 Å². The van der Waals surface area contributed by atoms with Gasteiger partial charge in [0.05, 0.1) is 23.7 Å². The van der Waals surface area contributed by atoms with Gasteiger partial charge >= 0.3 is 6.18 Å². The summed E-state index contributed by atoms with van der Waals surface area (Å²) in [5, 5.41) is 11.5. The number of carbonyl (C=O) groups is 1. The number of carbonyl (C=O) groups excluding carboxylic acids is 1. The highest BCUT2D eigenvalue weighted by Gasteiger charge is 2.36. The molecule has 0 unspecified atom stereocenters. The van der Waals surface area contributed by atoms with E-state index in [9.17, 15) is 18.0 Å². The zero-order valence-electron chi connectivity index (χ0n) is 16.4. The number of anilines is 1. The largest absolute Gasteiger partial charge is 0.491 e. The first-order valence-electron chi connectivity index (χ1n) is 9.21. The second kappa shape index (κ2) is 8.63. The zero-order chi connectivity index (χ0) is 21.9. The molecule has 0 aliphatic carbocycles. The molecule has 158 valence electrons. The first kappa shape index (κ1) is 21.5. The average molecular weight is 419 g/mol. The number of amides is 1. The van der Waals surface area contributed by atoms with Gasteiger partial charge in [-0.25, -0.2) is 0 Å². The second-order valence-electron chi connectivity index (χ2n) is 6.76. The van der Waals surface area contributed by atoms with Gasteiger partial charge in [-0.2, -0.15) is 18.4 Å². The van der Waals surface area contributed by atoms with E-state index in [0.29, 0.717) is 23.5 Å². The fourth-order valence-corrected chi connectivity index (χ4v) is 3.25. The molecule has 1 amide bonds. The molecule has 1 aliphatic rings. The number of benzene rings is 2. The van der Waals surface area contributed by atoms with Crippen molar-refractivity contribution in [1.82, 2.24) is 5.32 Å². The van der Waals surface area contributed by atoms with Crippen LogP contribution in [0.2, 0.25) is 0 Å². The lowest BCUT2D eigenvalue weighted by Gasteiger charge is -2.23. The maximum Gasteiger partial charge on any atom is 0.417 e. The summed E-state index contributed by atoms with van der Waals surface area (Å²) in [7, 11) is 1.54. The van der Waals surface area contributed by atoms with Crippen LogP contribution in [-0.4, -0.2) is 38.4 Å². The smallest absolute Gasteiger partial charge is 0.417 e. The summed E-state index contributed by atoms with van der Waals surface area (Å²) in [6, 6.07) is 11.8. The molecule has 0 bridgehead atoms. The Kier molecular flexibility index (Phi) is 6.17. The Morgan fingerprint density at radius 3 is 2.60 bits per heavy atom. The monoisotopic (exact) mass is 419 g/mol. The van der Waals surface area contributed by atoms with Crippen LogP contribution in [0.5, 0.6) is 5.75 Å². The molecule has 0 radical (unpaired) electrons. The molecule has 3 rings (SSSR count). The summed E-state index contributed by atoms with van der Waals surface area (Å²) < 4.78 is 51.2. The Morgan fingerprint density at radius 2 is 2.00 bits per heavy atom. The van der Waals surface area contributed by atoms with Crippen molar-refractivity contribution >= 4 is 11.6 Å². The first-order chi connectivity index (χ1) is 14.2. The number of hydrogen-bond donors (Lipinski definition) is 1. The van der Waals surface area contributed by atoms with Gasteiger partial charge in [-0.3, -0.25) is 4.79 Å². The minimum absolute atomic E-state index is 0.197. The number of hydrogen-bond acceptors (Lipinski definition) is 5. The van der Waals surface area contributed by atoms with E-state index in [-0.39, 0.29) is 18.6 Å². The number of nitriles is 1. The predicted molar refractivity (Wildman–Crippen MR) is 103 cm³/mol. The second-order valence-corrected chi connectivity index (χ2v) is 6.76. The lowest BCUT2D eigenvalue weighted by molar-refractivity contribution is -0.137. The summed E-state index contributed by atoms with van der Waals surface area (Å²) in [5.74, 6) is 0.348. The predicted octanol–water partition coefficient (Wildman–Crippen LogP) is 3.57. The topological polar surface area (TPSA) is 74.6 Å². The number of nitrogens with zero attached hydrogens (tertiary/aromatic N) is 2. The van der Waals surface area contributed by atoms with Crippen LogP contribution >= 0.6 is 0 Å². The fraction of sp³-hybridized carbons (Fsp3) is 0.333. The summed E-state index contributed by atoms with van der Waals surface area (Å²) in [4.78, 5) is 13.3. The molecule has 0 spiro atoms. The molecule has 2 aromatic carbocycles. The Bertz CT molecular complexity index is 955. The van der Waals surface area contributed by atoms with E-state index in [4.69, 9.17) is 14.7 Å². The third kappa shape index (κ3) is 4.66. The van der Waals surface area contributed by atoms with E-state index in [1.54, 1.807) is 49.2 Å². The standard InChI is InChI=1S/C21H20F3N3O3/c1-13-27(16-6-3-15(10-25)19(9-16)21(22,23)24)11-18(30-13)12-29-17-7-4-14(5-8-17)20(28)26-2/h3-9,13,18H,11-12H2,1-2H3,(H,26,28)/t13-,18+/m1/s1. The van der Waals surface area contributed by atoms with Crippen LogP contribution in [0.15, 0.2) is 42.5 Å². The van der Waals surface area contributed by atoms with Crippen LogP contribution in [-0.2, 0) is 10.9 Å². The van der Waals surface area contributed by atoms with Crippen molar-refractivity contribution in [3.05, 3.63) is 59.2 Å². The molecule has 6 nitrogen and oxygen atoms in total. The molecule has 1 saturated heterocycles. The average Bonchev–Trinajstić information content (AvgIpc) is 3.11. The van der Waals surface area contributed by atoms with Gasteiger partial charge in [0.2, 0.25) is 0 Å². The highest BCUT2D eigenvalue weighted by molar-refractivity contribution is 5.94. The summed E-state index contributed by atoms with van der Waals surface area (Å²) in [5.41, 5.74) is -0.556. The van der Waals surface area contributed by atoms with Crippen LogP contribution in [0.25, 0.3) is 0 Å². The van der Waals surface area contributed by atoms with Crippen LogP contribution in [0, 0.1) is 11.3 Å². The van der Waals surface area contributed by atoms with E-state index in [1.807, 2.05) is 0 Å². The van der Waals surface area contributed by atoms with Crippen LogP contribution in [0.4, 0.5) is 18.9 Å². The van der Waals surface area contributed by atoms with Gasteiger partial charge in [0.15, 0.2) is 0 Å². The summed E-state index contributed by atoms with van der Waals surface area (Å²) >= 11 is 0. The van der Waals surface area contributed by atoms with E-state index >= 15 is 0 Å². The van der Waals surface area contributed by atoms with E-state index in [0.717, 1.165) is 6.07 Å². The van der Waals surface area contributed by atoms with Crippen LogP contribution in [0.3, 0.4) is 0 Å². The van der Waals surface area contributed by atoms with Gasteiger partial charge in [-0.05, 0) is 49.4 Å². The van der Waals surface area contributed by atoms with Gasteiger partial charge in [0.25, 0.3) is 5.91 Å². The minimum Gasteiger partial charge on any atom is -0.491 e. The van der Waals surface area contributed by atoms with Gasteiger partial charge in [0.1, 0.15) is 24.7 Å². The van der Waals surface area contributed by atoms with Crippen LogP contribution < -0.4 is 15.0 Å². The molecule has 1 N–H and O–H groups in total. The SMILES string of the molecule is CNC(=O)c1ccc(OC[C@@H]2CN(c3ccc(C#N)c(C(F)(F)F)c3)[C@@H](C)O2)cc1. The molecule has 0 aromatic heterocycles. The lowest BCUT2D eigenvalue weighted by Crippen LogP contribution is -2.28. The Labute approximate surface area is 171 Å².